The molecule has 2 rings (SSSR count). The smallest absolute Gasteiger partial charge is 0.335 e. The summed E-state index contributed by atoms with van der Waals surface area (Å²) in [5, 5.41) is 18.5. The number of benzene rings is 1. The second-order valence-electron chi connectivity index (χ2n) is 5.32. The van der Waals surface area contributed by atoms with Gasteiger partial charge in [-0.1, -0.05) is 13.8 Å². The van der Waals surface area contributed by atoms with E-state index in [-0.39, 0.29) is 16.5 Å². The number of carboxylic acids is 1. The van der Waals surface area contributed by atoms with Gasteiger partial charge in [0.2, 0.25) is 0 Å². The van der Waals surface area contributed by atoms with E-state index in [1.165, 1.54) is 0 Å². The molecule has 2 N–H and O–H groups in total. The summed E-state index contributed by atoms with van der Waals surface area (Å²) >= 11 is 0. The van der Waals surface area contributed by atoms with Crippen LogP contribution in [0.2, 0.25) is 0 Å². The van der Waals surface area contributed by atoms with E-state index in [4.69, 9.17) is 14.6 Å². The highest BCUT2D eigenvalue weighted by Crippen LogP contribution is 2.36. The zero-order valence-corrected chi connectivity index (χ0v) is 10.6. The molecule has 1 saturated heterocycles. The van der Waals surface area contributed by atoms with Crippen LogP contribution in [0.1, 0.15) is 36.1 Å². The molecule has 0 amide bonds. The molecule has 6 heteroatoms. The third-order valence-corrected chi connectivity index (χ3v) is 2.84. The monoisotopic (exact) mass is 270 g/mol. The van der Waals surface area contributed by atoms with Crippen LogP contribution in [0.3, 0.4) is 0 Å². The summed E-state index contributed by atoms with van der Waals surface area (Å²) in [4.78, 5) is 10.9. The standard InChI is InChI=1S/C13H15FO5/c1-13(2)5-18-12(19-6-13)8-3-7(11(16)17)4-9(14)10(8)15/h3-4,12,15H,5-6H2,1-2H3,(H,16,17). The highest BCUT2D eigenvalue weighted by atomic mass is 19.1. The molecule has 0 atom stereocenters. The van der Waals surface area contributed by atoms with Crippen molar-refractivity contribution in [2.45, 2.75) is 20.1 Å². The molecular weight excluding hydrogens is 255 g/mol. The van der Waals surface area contributed by atoms with Gasteiger partial charge in [0.25, 0.3) is 0 Å². The first-order valence-electron chi connectivity index (χ1n) is 5.79. The minimum Gasteiger partial charge on any atom is -0.504 e. The lowest BCUT2D eigenvalue weighted by molar-refractivity contribution is -0.226. The molecule has 1 aromatic rings. The fraction of sp³-hybridized carbons (Fsp3) is 0.462. The highest BCUT2D eigenvalue weighted by molar-refractivity contribution is 5.88. The van der Waals surface area contributed by atoms with Gasteiger partial charge < -0.3 is 19.7 Å². The summed E-state index contributed by atoms with van der Waals surface area (Å²) < 4.78 is 24.3. The van der Waals surface area contributed by atoms with E-state index in [1.807, 2.05) is 13.8 Å². The van der Waals surface area contributed by atoms with E-state index in [2.05, 4.69) is 0 Å². The van der Waals surface area contributed by atoms with Crippen molar-refractivity contribution in [3.63, 3.8) is 0 Å². The third kappa shape index (κ3) is 2.85. The molecule has 0 spiro atoms. The first-order chi connectivity index (χ1) is 8.80. The second-order valence-corrected chi connectivity index (χ2v) is 5.32. The van der Waals surface area contributed by atoms with Crippen molar-refractivity contribution in [3.05, 3.63) is 29.1 Å². The minimum absolute atomic E-state index is 0.00657. The van der Waals surface area contributed by atoms with Crippen LogP contribution in [0.5, 0.6) is 5.75 Å². The Morgan fingerprint density at radius 3 is 2.47 bits per heavy atom. The van der Waals surface area contributed by atoms with E-state index < -0.39 is 23.8 Å². The van der Waals surface area contributed by atoms with E-state index in [9.17, 15) is 14.3 Å². The lowest BCUT2D eigenvalue weighted by Crippen LogP contribution is -2.33. The molecule has 19 heavy (non-hydrogen) atoms. The SMILES string of the molecule is CC1(C)COC(c2cc(C(=O)O)cc(F)c2O)OC1. The number of rotatable bonds is 2. The first-order valence-corrected chi connectivity index (χ1v) is 5.79. The Kier molecular flexibility index (Phi) is 3.47. The number of ether oxygens (including phenoxy) is 2. The van der Waals surface area contributed by atoms with E-state index in [1.54, 1.807) is 0 Å². The molecule has 0 radical (unpaired) electrons. The van der Waals surface area contributed by atoms with Gasteiger partial charge in [-0.2, -0.15) is 0 Å². The van der Waals surface area contributed by atoms with Crippen molar-refractivity contribution in [2.75, 3.05) is 13.2 Å². The van der Waals surface area contributed by atoms with Crippen molar-refractivity contribution in [1.29, 1.82) is 0 Å². The number of phenolic OH excluding ortho intramolecular Hbond substituents is 1. The fourth-order valence-corrected chi connectivity index (χ4v) is 1.80. The summed E-state index contributed by atoms with van der Waals surface area (Å²) in [6, 6.07) is 1.91. The molecule has 0 saturated carbocycles. The van der Waals surface area contributed by atoms with Gasteiger partial charge in [-0.15, -0.1) is 0 Å². The molecule has 1 aromatic carbocycles. The lowest BCUT2D eigenvalue weighted by Gasteiger charge is -2.34. The number of halogens is 1. The summed E-state index contributed by atoms with van der Waals surface area (Å²) in [7, 11) is 0. The molecule has 0 aromatic heterocycles. The molecular formula is C13H15FO5. The minimum atomic E-state index is -1.28. The van der Waals surface area contributed by atoms with Crippen LogP contribution < -0.4 is 0 Å². The maximum absolute atomic E-state index is 13.5. The summed E-state index contributed by atoms with van der Waals surface area (Å²) in [5.41, 5.74) is -0.440. The first kappa shape index (κ1) is 13.8. The quantitative estimate of drug-likeness (QED) is 0.862. The van der Waals surface area contributed by atoms with Crippen LogP contribution >= 0.6 is 0 Å². The Morgan fingerprint density at radius 2 is 1.95 bits per heavy atom. The number of hydrogen-bond acceptors (Lipinski definition) is 4. The van der Waals surface area contributed by atoms with Gasteiger partial charge in [0.1, 0.15) is 0 Å². The molecule has 1 heterocycles. The Bertz CT molecular complexity index is 502. The highest BCUT2D eigenvalue weighted by Gasteiger charge is 2.31. The maximum atomic E-state index is 13.5. The maximum Gasteiger partial charge on any atom is 0.335 e. The Morgan fingerprint density at radius 1 is 1.37 bits per heavy atom. The second kappa shape index (κ2) is 4.79. The van der Waals surface area contributed by atoms with Crippen LogP contribution in [0.15, 0.2) is 12.1 Å². The van der Waals surface area contributed by atoms with Crippen LogP contribution in [0.25, 0.3) is 0 Å². The van der Waals surface area contributed by atoms with Crippen LogP contribution in [-0.4, -0.2) is 29.4 Å². The van der Waals surface area contributed by atoms with Crippen LogP contribution in [-0.2, 0) is 9.47 Å². The molecule has 0 unspecified atom stereocenters. The molecule has 1 aliphatic rings. The molecule has 104 valence electrons. The summed E-state index contributed by atoms with van der Waals surface area (Å²) in [6.45, 7) is 4.63. The summed E-state index contributed by atoms with van der Waals surface area (Å²) in [6.07, 6.45) is -0.957. The number of aromatic hydroxyl groups is 1. The Balaban J connectivity index is 2.32. The van der Waals surface area contributed by atoms with Crippen molar-refractivity contribution >= 4 is 5.97 Å². The van der Waals surface area contributed by atoms with Gasteiger partial charge in [-0.05, 0) is 12.1 Å². The molecule has 5 nitrogen and oxygen atoms in total. The van der Waals surface area contributed by atoms with Crippen LogP contribution in [0, 0.1) is 11.2 Å². The van der Waals surface area contributed by atoms with Crippen molar-refractivity contribution in [3.8, 4) is 5.75 Å². The van der Waals surface area contributed by atoms with E-state index in [0.717, 1.165) is 12.1 Å². The number of phenols is 1. The fourth-order valence-electron chi connectivity index (χ4n) is 1.80. The normalized spacial score (nSPS) is 19.3. The van der Waals surface area contributed by atoms with Crippen molar-refractivity contribution in [2.24, 2.45) is 5.41 Å². The lowest BCUT2D eigenvalue weighted by atomic mass is 9.95. The topological polar surface area (TPSA) is 76.0 Å². The zero-order chi connectivity index (χ0) is 14.2. The molecule has 1 aliphatic heterocycles. The molecule has 0 aliphatic carbocycles. The average Bonchev–Trinajstić information content (AvgIpc) is 2.32. The van der Waals surface area contributed by atoms with Gasteiger partial charge in [-0.3, -0.25) is 0 Å². The molecule has 0 bridgehead atoms. The van der Waals surface area contributed by atoms with E-state index >= 15 is 0 Å². The number of hydrogen-bond donors (Lipinski definition) is 2. The van der Waals surface area contributed by atoms with E-state index in [0.29, 0.717) is 13.2 Å². The average molecular weight is 270 g/mol. The zero-order valence-electron chi connectivity index (χ0n) is 10.6. The van der Waals surface area contributed by atoms with Gasteiger partial charge >= 0.3 is 5.97 Å². The predicted octanol–water partition coefficient (Wildman–Crippen LogP) is 2.30. The number of carbonyl (C=O) groups is 1. The van der Waals surface area contributed by atoms with Gasteiger partial charge in [-0.25, -0.2) is 9.18 Å². The van der Waals surface area contributed by atoms with Gasteiger partial charge in [0.05, 0.1) is 24.3 Å². The van der Waals surface area contributed by atoms with Crippen molar-refractivity contribution in [1.82, 2.24) is 0 Å². The Labute approximate surface area is 109 Å². The Hall–Kier alpha value is -1.66. The molecule has 1 fully saturated rings. The largest absolute Gasteiger partial charge is 0.504 e. The number of aromatic carboxylic acids is 1. The number of carboxylic acid groups (broad SMARTS) is 1. The predicted molar refractivity (Wildman–Crippen MR) is 63.5 cm³/mol. The summed E-state index contributed by atoms with van der Waals surface area (Å²) in [5.74, 6) is -2.93. The van der Waals surface area contributed by atoms with Crippen molar-refractivity contribution < 1.29 is 28.9 Å². The van der Waals surface area contributed by atoms with Gasteiger partial charge in [0.15, 0.2) is 17.9 Å². The third-order valence-electron chi connectivity index (χ3n) is 2.84. The van der Waals surface area contributed by atoms with Gasteiger partial charge in [0, 0.05) is 5.41 Å². The van der Waals surface area contributed by atoms with Crippen LogP contribution in [0.4, 0.5) is 4.39 Å².